The van der Waals surface area contributed by atoms with Crippen molar-refractivity contribution in [2.75, 3.05) is 0 Å². The molecule has 2 atom stereocenters. The first kappa shape index (κ1) is 24.5. The first-order chi connectivity index (χ1) is 16.9. The van der Waals surface area contributed by atoms with E-state index in [1.807, 2.05) is 0 Å². The van der Waals surface area contributed by atoms with Crippen molar-refractivity contribution in [2.24, 2.45) is 0 Å². The summed E-state index contributed by atoms with van der Waals surface area (Å²) in [7, 11) is 0. The van der Waals surface area contributed by atoms with E-state index < -0.39 is 46.9 Å². The van der Waals surface area contributed by atoms with Crippen LogP contribution >= 0.6 is 0 Å². The quantitative estimate of drug-likeness (QED) is 0.201. The standard InChI is InChI=1S/C25H24O11/c1-10(2)34-20-6-11(3-18(30)23(20)32)24-21(9-14-15(27)7-13(26)8-19(14)35-24)36-25(33)12-4-16(28)22(31)17(29)5-12/h3-8,10,21,24,26-32H,9H2,1-2H3/t21-,24-/m1/s1. The number of phenols is 7. The second-order valence-electron chi connectivity index (χ2n) is 8.54. The number of esters is 1. The molecule has 3 aromatic carbocycles. The minimum Gasteiger partial charge on any atom is -0.508 e. The number of aromatic hydroxyl groups is 7. The number of hydrogen-bond acceptors (Lipinski definition) is 11. The van der Waals surface area contributed by atoms with Gasteiger partial charge in [0.05, 0.1) is 11.7 Å². The van der Waals surface area contributed by atoms with Crippen LogP contribution in [0.15, 0.2) is 36.4 Å². The van der Waals surface area contributed by atoms with Crippen molar-refractivity contribution in [1.29, 1.82) is 0 Å². The monoisotopic (exact) mass is 500 g/mol. The molecule has 0 saturated carbocycles. The summed E-state index contributed by atoms with van der Waals surface area (Å²) in [5.41, 5.74) is 0.197. The van der Waals surface area contributed by atoms with Crippen LogP contribution in [0.5, 0.6) is 51.7 Å². The van der Waals surface area contributed by atoms with Gasteiger partial charge in [0.15, 0.2) is 34.9 Å². The van der Waals surface area contributed by atoms with Crippen molar-refractivity contribution in [1.82, 2.24) is 0 Å². The van der Waals surface area contributed by atoms with E-state index >= 15 is 0 Å². The Kier molecular flexibility index (Phi) is 6.23. The van der Waals surface area contributed by atoms with E-state index in [0.29, 0.717) is 0 Å². The lowest BCUT2D eigenvalue weighted by Gasteiger charge is -2.34. The Morgan fingerprint density at radius 1 is 0.861 bits per heavy atom. The van der Waals surface area contributed by atoms with Crippen LogP contribution in [-0.4, -0.2) is 53.9 Å². The zero-order valence-corrected chi connectivity index (χ0v) is 19.2. The van der Waals surface area contributed by atoms with Gasteiger partial charge in [-0.25, -0.2) is 4.79 Å². The van der Waals surface area contributed by atoms with E-state index in [1.54, 1.807) is 13.8 Å². The van der Waals surface area contributed by atoms with E-state index in [9.17, 15) is 40.5 Å². The van der Waals surface area contributed by atoms with Gasteiger partial charge in [-0.3, -0.25) is 0 Å². The molecular weight excluding hydrogens is 476 g/mol. The molecule has 0 unspecified atom stereocenters. The van der Waals surface area contributed by atoms with Crippen molar-refractivity contribution in [3.05, 3.63) is 53.1 Å². The Bertz CT molecular complexity index is 1310. The van der Waals surface area contributed by atoms with E-state index in [-0.39, 0.29) is 52.2 Å². The van der Waals surface area contributed by atoms with E-state index in [0.717, 1.165) is 18.2 Å². The maximum Gasteiger partial charge on any atom is 0.338 e. The fourth-order valence-electron chi connectivity index (χ4n) is 3.88. The molecule has 0 amide bonds. The summed E-state index contributed by atoms with van der Waals surface area (Å²) in [4.78, 5) is 12.9. The third-order valence-electron chi connectivity index (χ3n) is 5.50. The highest BCUT2D eigenvalue weighted by Gasteiger charge is 2.37. The van der Waals surface area contributed by atoms with Crippen molar-refractivity contribution >= 4 is 5.97 Å². The molecule has 11 nitrogen and oxygen atoms in total. The van der Waals surface area contributed by atoms with Crippen LogP contribution in [0.1, 0.15) is 41.4 Å². The van der Waals surface area contributed by atoms with Gasteiger partial charge in [-0.05, 0) is 38.1 Å². The zero-order chi connectivity index (χ0) is 26.3. The number of carbonyl (C=O) groups excluding carboxylic acids is 1. The Balaban J connectivity index is 1.76. The molecule has 11 heteroatoms. The molecular formula is C25H24O11. The molecule has 0 aromatic heterocycles. The average molecular weight is 500 g/mol. The van der Waals surface area contributed by atoms with Gasteiger partial charge in [-0.1, -0.05) is 0 Å². The molecule has 0 radical (unpaired) electrons. The average Bonchev–Trinajstić information content (AvgIpc) is 2.79. The Labute approximate surface area is 204 Å². The highest BCUT2D eigenvalue weighted by atomic mass is 16.6. The molecule has 0 bridgehead atoms. The molecule has 1 heterocycles. The van der Waals surface area contributed by atoms with Gasteiger partial charge in [0.1, 0.15) is 23.4 Å². The minimum atomic E-state index is -1.13. The van der Waals surface area contributed by atoms with Crippen LogP contribution in [0, 0.1) is 0 Å². The van der Waals surface area contributed by atoms with E-state index in [4.69, 9.17) is 14.2 Å². The third kappa shape index (κ3) is 4.63. The molecule has 7 N–H and O–H groups in total. The van der Waals surface area contributed by atoms with Crippen molar-refractivity contribution in [3.63, 3.8) is 0 Å². The predicted octanol–water partition coefficient (Wildman–Crippen LogP) is 3.31. The zero-order valence-electron chi connectivity index (χ0n) is 19.2. The van der Waals surface area contributed by atoms with Gasteiger partial charge >= 0.3 is 5.97 Å². The van der Waals surface area contributed by atoms with Gasteiger partial charge in [0.2, 0.25) is 5.75 Å². The lowest BCUT2D eigenvalue weighted by Crippen LogP contribution is -2.34. The Morgan fingerprint density at radius 3 is 2.14 bits per heavy atom. The van der Waals surface area contributed by atoms with E-state index in [1.165, 1.54) is 18.2 Å². The number of fused-ring (bicyclic) bond motifs is 1. The molecule has 0 spiro atoms. The molecule has 190 valence electrons. The predicted molar refractivity (Wildman–Crippen MR) is 123 cm³/mol. The maximum absolute atomic E-state index is 12.9. The Morgan fingerprint density at radius 2 is 1.50 bits per heavy atom. The summed E-state index contributed by atoms with van der Waals surface area (Å²) < 4.78 is 17.1. The summed E-state index contributed by atoms with van der Waals surface area (Å²) in [6, 6.07) is 6.76. The van der Waals surface area contributed by atoms with Crippen LogP contribution in [0.3, 0.4) is 0 Å². The van der Waals surface area contributed by atoms with Crippen LogP contribution in [0.2, 0.25) is 0 Å². The van der Waals surface area contributed by atoms with Crippen LogP contribution < -0.4 is 9.47 Å². The smallest absolute Gasteiger partial charge is 0.338 e. The highest BCUT2D eigenvalue weighted by molar-refractivity contribution is 5.91. The minimum absolute atomic E-state index is 0.0494. The summed E-state index contributed by atoms with van der Waals surface area (Å²) in [6.45, 7) is 3.43. The fourth-order valence-corrected chi connectivity index (χ4v) is 3.88. The maximum atomic E-state index is 12.9. The fraction of sp³-hybridized carbons (Fsp3) is 0.240. The normalized spacial score (nSPS) is 16.8. The summed E-state index contributed by atoms with van der Waals surface area (Å²) in [5.74, 6) is -4.82. The first-order valence-corrected chi connectivity index (χ1v) is 10.8. The second-order valence-corrected chi connectivity index (χ2v) is 8.54. The molecule has 4 rings (SSSR count). The van der Waals surface area contributed by atoms with E-state index in [2.05, 4.69) is 0 Å². The largest absolute Gasteiger partial charge is 0.508 e. The van der Waals surface area contributed by atoms with Gasteiger partial charge in [0.25, 0.3) is 0 Å². The molecule has 36 heavy (non-hydrogen) atoms. The SMILES string of the molecule is CC(C)Oc1cc([C@H]2Oc3cc(O)cc(O)c3C[C@H]2OC(=O)c2cc(O)c(O)c(O)c2)cc(O)c1O. The second kappa shape index (κ2) is 9.17. The molecule has 0 fully saturated rings. The number of ether oxygens (including phenoxy) is 3. The number of hydrogen-bond donors (Lipinski definition) is 7. The van der Waals surface area contributed by atoms with Gasteiger partial charge < -0.3 is 50.0 Å². The number of rotatable bonds is 5. The number of phenolic OH excluding ortho intramolecular Hbond substituents is 7. The third-order valence-corrected chi connectivity index (χ3v) is 5.50. The lowest BCUT2D eigenvalue weighted by atomic mass is 9.93. The summed E-state index contributed by atoms with van der Waals surface area (Å²) in [5, 5.41) is 69.8. The topological polar surface area (TPSA) is 186 Å². The Hall–Kier alpha value is -4.67. The molecule has 0 aliphatic carbocycles. The number of carbonyl (C=O) groups is 1. The van der Waals surface area contributed by atoms with Gasteiger partial charge in [0, 0.05) is 29.7 Å². The van der Waals surface area contributed by atoms with Crippen LogP contribution in [0.25, 0.3) is 0 Å². The summed E-state index contributed by atoms with van der Waals surface area (Å²) >= 11 is 0. The van der Waals surface area contributed by atoms with Crippen LogP contribution in [0.4, 0.5) is 0 Å². The molecule has 1 aliphatic heterocycles. The van der Waals surface area contributed by atoms with Gasteiger partial charge in [-0.15, -0.1) is 0 Å². The van der Waals surface area contributed by atoms with Crippen molar-refractivity contribution in [3.8, 4) is 51.7 Å². The van der Waals surface area contributed by atoms with Gasteiger partial charge in [-0.2, -0.15) is 0 Å². The summed E-state index contributed by atoms with van der Waals surface area (Å²) in [6.07, 6.45) is -2.68. The first-order valence-electron chi connectivity index (χ1n) is 10.8. The molecule has 0 saturated heterocycles. The molecule has 1 aliphatic rings. The van der Waals surface area contributed by atoms with Crippen molar-refractivity contribution in [2.45, 2.75) is 38.6 Å². The molecule has 3 aromatic rings. The number of benzene rings is 3. The van der Waals surface area contributed by atoms with Crippen LogP contribution in [-0.2, 0) is 11.2 Å². The van der Waals surface area contributed by atoms with Crippen molar-refractivity contribution < 1.29 is 54.8 Å². The lowest BCUT2D eigenvalue weighted by molar-refractivity contribution is -0.0189. The highest BCUT2D eigenvalue weighted by Crippen LogP contribution is 2.46.